The van der Waals surface area contributed by atoms with Crippen LogP contribution in [0.4, 0.5) is 0 Å². The zero-order chi connectivity index (χ0) is 50.8. The van der Waals surface area contributed by atoms with Crippen molar-refractivity contribution < 1.29 is 24.6 Å². The van der Waals surface area contributed by atoms with E-state index in [4.69, 9.17) is 0 Å². The van der Waals surface area contributed by atoms with Gasteiger partial charge in [-0.2, -0.15) is 0 Å². The van der Waals surface area contributed by atoms with Crippen LogP contribution in [0.5, 0.6) is 0 Å². The number of aromatic nitrogens is 3. The summed E-state index contributed by atoms with van der Waals surface area (Å²) >= 11 is 0. The molecule has 14 heteroatoms. The molecule has 0 saturated carbocycles. The molecule has 1 aliphatic heterocycles. The van der Waals surface area contributed by atoms with Gasteiger partial charge in [-0.05, 0) is 113 Å². The summed E-state index contributed by atoms with van der Waals surface area (Å²) in [6, 6.07) is 26.2. The van der Waals surface area contributed by atoms with E-state index < -0.39 is 47.0 Å². The third-order valence-corrected chi connectivity index (χ3v) is 13.6. The lowest BCUT2D eigenvalue weighted by atomic mass is 9.91. The maximum atomic E-state index is 13.8. The van der Waals surface area contributed by atoms with Gasteiger partial charge in [-0.3, -0.25) is 43.5 Å². The van der Waals surface area contributed by atoms with Crippen molar-refractivity contribution >= 4 is 17.6 Å². The number of carbonyl (C=O) groups excluding carboxylic acids is 3. The van der Waals surface area contributed by atoms with E-state index in [1.54, 1.807) is 6.20 Å². The van der Waals surface area contributed by atoms with Gasteiger partial charge >= 0.3 is 5.69 Å². The second-order valence-corrected chi connectivity index (χ2v) is 20.6. The number of benzene rings is 3. The molecule has 3 heterocycles. The molecule has 8 rings (SSSR count). The van der Waals surface area contributed by atoms with Gasteiger partial charge in [-0.15, -0.1) is 0 Å². The number of pyridine rings is 1. The normalized spacial score (nSPS) is 19.1. The van der Waals surface area contributed by atoms with E-state index in [9.17, 15) is 34.2 Å². The first-order valence-corrected chi connectivity index (χ1v) is 25.1. The molecule has 2 amide bonds. The van der Waals surface area contributed by atoms with E-state index in [0.29, 0.717) is 56.6 Å². The van der Waals surface area contributed by atoms with Crippen LogP contribution in [0.3, 0.4) is 0 Å². The van der Waals surface area contributed by atoms with Crippen LogP contribution < -0.4 is 21.9 Å². The van der Waals surface area contributed by atoms with Crippen molar-refractivity contribution in [1.29, 1.82) is 0 Å². The number of fused-ring (bicyclic) bond motifs is 1. The maximum absolute atomic E-state index is 13.8. The monoisotopic (exact) mass is 966 g/mol. The molecule has 0 radical (unpaired) electrons. The second kappa shape index (κ2) is 23.7. The molecule has 5 N–H and O–H groups in total. The van der Waals surface area contributed by atoms with Crippen molar-refractivity contribution in [2.45, 2.75) is 123 Å². The van der Waals surface area contributed by atoms with Gasteiger partial charge in [0.1, 0.15) is 11.7 Å². The number of aliphatic hydroxyl groups excluding tert-OH is 2. The first-order chi connectivity index (χ1) is 34.0. The summed E-state index contributed by atoms with van der Waals surface area (Å²) in [6.07, 6.45) is 9.59. The number of carbonyl (C=O) groups is 3. The zero-order valence-corrected chi connectivity index (χ0v) is 42.1. The molecule has 0 spiro atoms. The van der Waals surface area contributed by atoms with Gasteiger partial charge in [-0.25, -0.2) is 4.79 Å². The van der Waals surface area contributed by atoms with Crippen molar-refractivity contribution in [3.63, 3.8) is 0 Å². The molecular weight excluding hydrogens is 895 g/mol. The minimum atomic E-state index is -0.833. The summed E-state index contributed by atoms with van der Waals surface area (Å²) in [5.41, 5.74) is 5.78. The number of nitrogens with zero attached hydrogens (tertiary/aromatic N) is 4. The number of amides is 2. The highest BCUT2D eigenvalue weighted by Crippen LogP contribution is 2.32. The first kappa shape index (κ1) is 52.5. The van der Waals surface area contributed by atoms with Crippen LogP contribution in [-0.4, -0.2) is 102 Å². The number of ketones is 1. The number of aromatic amines is 1. The molecule has 376 valence electrons. The van der Waals surface area contributed by atoms with Crippen molar-refractivity contribution in [2.75, 3.05) is 26.2 Å². The molecule has 2 aromatic heterocycles. The molecule has 3 aliphatic rings. The average molecular weight is 966 g/mol. The summed E-state index contributed by atoms with van der Waals surface area (Å²) < 4.78 is 1.47. The Labute approximate surface area is 417 Å². The highest BCUT2D eigenvalue weighted by Gasteiger charge is 2.37. The number of piperazine rings is 1. The summed E-state index contributed by atoms with van der Waals surface area (Å²) in [5, 5.41) is 28.5. The number of aliphatic hydroxyl groups is 2. The summed E-state index contributed by atoms with van der Waals surface area (Å²) in [4.78, 5) is 76.4. The van der Waals surface area contributed by atoms with Crippen molar-refractivity contribution in [3.8, 4) is 0 Å². The largest absolute Gasteiger partial charge is 0.392 e. The van der Waals surface area contributed by atoms with Gasteiger partial charge in [-0.1, -0.05) is 96.9 Å². The van der Waals surface area contributed by atoms with Crippen molar-refractivity contribution in [3.05, 3.63) is 181 Å². The molecule has 0 unspecified atom stereocenters. The fourth-order valence-electron chi connectivity index (χ4n) is 10.3. The van der Waals surface area contributed by atoms with E-state index in [-0.39, 0.29) is 42.2 Å². The van der Waals surface area contributed by atoms with Crippen molar-refractivity contribution in [1.82, 2.24) is 35.0 Å². The number of aryl methyl sites for hydroxylation is 2. The van der Waals surface area contributed by atoms with E-state index in [0.717, 1.165) is 52.8 Å². The molecule has 71 heavy (non-hydrogen) atoms. The Morgan fingerprint density at radius 2 is 1.59 bits per heavy atom. The SMILES string of the molecule is CC(C)(C)NC(=O)[C@@H]1CN(Cc2cccnc2)CCN1C[C@@H](O)C[C@H](Cc1ccccc1)C(=O)N[C@H]1c2ccccc2C[C@H]1O.CCc1c(C(=O)c2cc(C)cc(C)c2)n(CC2CC=CC2)c(=O)[nH]c1=O. The van der Waals surface area contributed by atoms with Gasteiger partial charge < -0.3 is 20.8 Å². The number of hydrogen-bond acceptors (Lipinski definition) is 10. The molecule has 1 saturated heterocycles. The molecular formula is C57H71N7O7. The standard InChI is InChI=1S/C36H47N5O4.C21H24N2O3/c1-36(2,3)39-35(45)31-24-40(22-26-12-9-15-37-21-26)16-17-41(31)23-29(42)19-28(18-25-10-5-4-6-11-25)34(44)38-33-30-14-8-7-13-27(30)20-32(33)43;1-4-17-18(19(24)16-10-13(2)9-14(3)11-16)23(21(26)22-20(17)25)12-15-7-5-6-8-15/h4-15,21,28-29,31-33,42-43H,16-20,22-24H2,1-3H3,(H,38,44)(H,39,45);5-6,9-11,15H,4,7-8,12H2,1-3H3,(H,22,25,26)/t28-,29-,31-,32+,33-;/m0./s1. The van der Waals surface area contributed by atoms with Crippen LogP contribution in [0.1, 0.15) is 108 Å². The molecule has 3 aromatic carbocycles. The van der Waals surface area contributed by atoms with Crippen LogP contribution in [0.25, 0.3) is 0 Å². The summed E-state index contributed by atoms with van der Waals surface area (Å²) in [5.74, 6) is -0.770. The molecule has 5 aromatic rings. The van der Waals surface area contributed by atoms with Crippen LogP contribution in [0.15, 0.2) is 119 Å². The highest BCUT2D eigenvalue weighted by atomic mass is 16.3. The number of allylic oxidation sites excluding steroid dienone is 2. The van der Waals surface area contributed by atoms with Gasteiger partial charge in [0, 0.05) is 80.7 Å². The topological polar surface area (TPSA) is 190 Å². The lowest BCUT2D eigenvalue weighted by Crippen LogP contribution is -2.61. The number of hydrogen-bond donors (Lipinski definition) is 5. The van der Waals surface area contributed by atoms with Gasteiger partial charge in [0.25, 0.3) is 5.56 Å². The maximum Gasteiger partial charge on any atom is 0.328 e. The van der Waals surface area contributed by atoms with Crippen molar-refractivity contribution in [2.24, 2.45) is 11.8 Å². The second-order valence-electron chi connectivity index (χ2n) is 20.6. The lowest BCUT2D eigenvalue weighted by Gasteiger charge is -2.42. The zero-order valence-electron chi connectivity index (χ0n) is 42.1. The van der Waals surface area contributed by atoms with Crippen LogP contribution in [0.2, 0.25) is 0 Å². The molecule has 1 fully saturated rings. The van der Waals surface area contributed by atoms with E-state index in [1.807, 2.05) is 133 Å². The van der Waals surface area contributed by atoms with Crippen LogP contribution >= 0.6 is 0 Å². The van der Waals surface area contributed by atoms with Crippen LogP contribution in [0, 0.1) is 25.7 Å². The van der Waals surface area contributed by atoms with E-state index >= 15 is 0 Å². The fourth-order valence-corrected chi connectivity index (χ4v) is 10.3. The Morgan fingerprint density at radius 1 is 0.901 bits per heavy atom. The molecule has 0 bridgehead atoms. The Hall–Kier alpha value is -6.32. The smallest absolute Gasteiger partial charge is 0.328 e. The summed E-state index contributed by atoms with van der Waals surface area (Å²) in [7, 11) is 0. The van der Waals surface area contributed by atoms with Gasteiger partial charge in [0.2, 0.25) is 17.6 Å². The number of H-pyrrole nitrogens is 1. The predicted molar refractivity (Wildman–Crippen MR) is 276 cm³/mol. The number of β-amino-alcohol motifs (C(OH)–C–C–N with tert-alkyl or cyclic N) is 1. The Kier molecular flexibility index (Phi) is 17.5. The summed E-state index contributed by atoms with van der Waals surface area (Å²) in [6.45, 7) is 14.9. The van der Waals surface area contributed by atoms with Crippen LogP contribution in [-0.2, 0) is 41.9 Å². The minimum Gasteiger partial charge on any atom is -0.392 e. The molecule has 2 aliphatic carbocycles. The Balaban J connectivity index is 0.000000241. The third-order valence-electron chi connectivity index (χ3n) is 13.6. The van der Waals surface area contributed by atoms with Gasteiger partial charge in [0.15, 0.2) is 0 Å². The van der Waals surface area contributed by atoms with E-state index in [2.05, 4.69) is 42.6 Å². The van der Waals surface area contributed by atoms with E-state index in [1.165, 1.54) is 4.57 Å². The first-order valence-electron chi connectivity index (χ1n) is 25.1. The molecule has 14 nitrogen and oxygen atoms in total. The molecule has 5 atom stereocenters. The third kappa shape index (κ3) is 14.0. The lowest BCUT2D eigenvalue weighted by molar-refractivity contribution is -0.132. The average Bonchev–Trinajstić information content (AvgIpc) is 3.96. The van der Waals surface area contributed by atoms with Gasteiger partial charge in [0.05, 0.1) is 18.2 Å². The Morgan fingerprint density at radius 3 is 2.27 bits per heavy atom. The number of rotatable bonds is 16. The quantitative estimate of drug-likeness (QED) is 0.0599. The number of nitrogens with one attached hydrogen (secondary N) is 3. The Bertz CT molecular complexity index is 2760. The fraction of sp³-hybridized carbons (Fsp3) is 0.439. The minimum absolute atomic E-state index is 0.0712. The highest BCUT2D eigenvalue weighted by molar-refractivity contribution is 6.09. The predicted octanol–water partition coefficient (Wildman–Crippen LogP) is 5.78.